The highest BCUT2D eigenvalue weighted by molar-refractivity contribution is 5.94. The zero-order valence-corrected chi connectivity index (χ0v) is 13.8. The third kappa shape index (κ3) is 3.69. The summed E-state index contributed by atoms with van der Waals surface area (Å²) >= 11 is 0. The minimum absolute atomic E-state index is 0.0132. The lowest BCUT2D eigenvalue weighted by Gasteiger charge is -2.15. The molecule has 1 aromatic carbocycles. The Balaban J connectivity index is 1.72. The topological polar surface area (TPSA) is 77.1 Å². The molecule has 26 heavy (non-hydrogen) atoms. The van der Waals surface area contributed by atoms with Gasteiger partial charge in [-0.05, 0) is 43.3 Å². The smallest absolute Gasteiger partial charge is 0.267 e. The van der Waals surface area contributed by atoms with Gasteiger partial charge in [0.2, 0.25) is 0 Å². The molecule has 8 heteroatoms. The molecular formula is C18H15F2N3O3. The fraction of sp³-hybridized carbons (Fsp3) is 0.167. The summed E-state index contributed by atoms with van der Waals surface area (Å²) in [6, 6.07) is 8.74. The molecule has 0 bridgehead atoms. The lowest BCUT2D eigenvalue weighted by atomic mass is 10.2. The highest BCUT2D eigenvalue weighted by Gasteiger charge is 2.14. The number of amides is 1. The Hall–Kier alpha value is -3.29. The molecule has 0 aliphatic heterocycles. The van der Waals surface area contributed by atoms with E-state index in [1.165, 1.54) is 23.1 Å². The number of hydrogen-bond acceptors (Lipinski definition) is 4. The van der Waals surface area contributed by atoms with Gasteiger partial charge in [0.05, 0.1) is 12.3 Å². The van der Waals surface area contributed by atoms with E-state index in [9.17, 15) is 18.4 Å². The zero-order valence-electron chi connectivity index (χ0n) is 13.8. The van der Waals surface area contributed by atoms with E-state index in [1.54, 1.807) is 25.1 Å². The summed E-state index contributed by atoms with van der Waals surface area (Å²) in [5.74, 6) is -2.20. The van der Waals surface area contributed by atoms with Crippen molar-refractivity contribution in [3.05, 3.63) is 76.3 Å². The van der Waals surface area contributed by atoms with Crippen LogP contribution in [0.1, 0.15) is 23.3 Å². The van der Waals surface area contributed by atoms with Crippen LogP contribution in [-0.4, -0.2) is 22.2 Å². The summed E-state index contributed by atoms with van der Waals surface area (Å²) in [7, 11) is 0. The minimum Gasteiger partial charge on any atom is -0.463 e. The molecule has 0 saturated heterocycles. The van der Waals surface area contributed by atoms with Crippen LogP contribution in [0.3, 0.4) is 0 Å². The number of hydrogen-bond donors (Lipinski definition) is 1. The largest absolute Gasteiger partial charge is 0.463 e. The molecule has 3 aromatic rings. The van der Waals surface area contributed by atoms with E-state index in [2.05, 4.69) is 10.4 Å². The molecule has 2 aromatic heterocycles. The first-order chi connectivity index (χ1) is 12.5. The Kier molecular flexibility index (Phi) is 4.92. The highest BCUT2D eigenvalue weighted by Crippen LogP contribution is 2.16. The number of aromatic nitrogens is 2. The van der Waals surface area contributed by atoms with Gasteiger partial charge in [-0.25, -0.2) is 13.5 Å². The summed E-state index contributed by atoms with van der Waals surface area (Å²) in [6.45, 7) is 1.78. The third-order valence-electron chi connectivity index (χ3n) is 3.76. The van der Waals surface area contributed by atoms with Crippen molar-refractivity contribution in [1.82, 2.24) is 15.1 Å². The Labute approximate surface area is 147 Å². The summed E-state index contributed by atoms with van der Waals surface area (Å²) in [5.41, 5.74) is 0.129. The van der Waals surface area contributed by atoms with E-state index < -0.39 is 23.6 Å². The lowest BCUT2D eigenvalue weighted by molar-refractivity contribution is 0.0947. The number of carbonyl (C=O) groups is 1. The van der Waals surface area contributed by atoms with Crippen molar-refractivity contribution in [2.75, 3.05) is 6.54 Å². The molecule has 1 atom stereocenters. The van der Waals surface area contributed by atoms with E-state index >= 15 is 0 Å². The Morgan fingerprint density at radius 1 is 1.23 bits per heavy atom. The SMILES string of the molecule is CC(CNC(=O)c1ccc(F)c(F)c1)n1nc(-c2ccco2)ccc1=O. The van der Waals surface area contributed by atoms with E-state index in [1.807, 2.05) is 0 Å². The fourth-order valence-electron chi connectivity index (χ4n) is 2.36. The summed E-state index contributed by atoms with van der Waals surface area (Å²) in [5, 5.41) is 6.81. The second kappa shape index (κ2) is 7.30. The summed E-state index contributed by atoms with van der Waals surface area (Å²) in [6.07, 6.45) is 1.50. The van der Waals surface area contributed by atoms with Gasteiger partial charge in [0.15, 0.2) is 17.4 Å². The van der Waals surface area contributed by atoms with Gasteiger partial charge >= 0.3 is 0 Å². The van der Waals surface area contributed by atoms with Crippen molar-refractivity contribution < 1.29 is 18.0 Å². The number of rotatable bonds is 5. The van der Waals surface area contributed by atoms with Crippen molar-refractivity contribution in [3.63, 3.8) is 0 Å². The van der Waals surface area contributed by atoms with Crippen LogP contribution in [0.25, 0.3) is 11.5 Å². The van der Waals surface area contributed by atoms with Crippen LogP contribution in [0, 0.1) is 11.6 Å². The predicted molar refractivity (Wildman–Crippen MR) is 89.6 cm³/mol. The van der Waals surface area contributed by atoms with Crippen molar-refractivity contribution in [2.45, 2.75) is 13.0 Å². The van der Waals surface area contributed by atoms with Crippen molar-refractivity contribution in [3.8, 4) is 11.5 Å². The molecule has 6 nitrogen and oxygen atoms in total. The second-order valence-corrected chi connectivity index (χ2v) is 5.67. The number of halogens is 2. The highest BCUT2D eigenvalue weighted by atomic mass is 19.2. The van der Waals surface area contributed by atoms with Gasteiger partial charge in [-0.1, -0.05) is 0 Å². The minimum atomic E-state index is -1.10. The molecule has 0 saturated carbocycles. The number of benzene rings is 1. The second-order valence-electron chi connectivity index (χ2n) is 5.67. The zero-order chi connectivity index (χ0) is 18.7. The van der Waals surface area contributed by atoms with Crippen molar-refractivity contribution in [2.24, 2.45) is 0 Å². The monoisotopic (exact) mass is 359 g/mol. The average molecular weight is 359 g/mol. The molecule has 0 spiro atoms. The maximum Gasteiger partial charge on any atom is 0.267 e. The Morgan fingerprint density at radius 2 is 2.04 bits per heavy atom. The molecule has 0 aliphatic rings. The van der Waals surface area contributed by atoms with E-state index in [0.717, 1.165) is 12.1 Å². The first-order valence-corrected chi connectivity index (χ1v) is 7.82. The number of nitrogens with one attached hydrogen (secondary N) is 1. The van der Waals surface area contributed by atoms with Gasteiger partial charge in [0, 0.05) is 18.2 Å². The van der Waals surface area contributed by atoms with Crippen LogP contribution in [0.15, 0.2) is 57.9 Å². The molecule has 3 rings (SSSR count). The first kappa shape index (κ1) is 17.5. The van der Waals surface area contributed by atoms with Gasteiger partial charge in [0.25, 0.3) is 11.5 Å². The predicted octanol–water partition coefficient (Wildman–Crippen LogP) is 2.77. The van der Waals surface area contributed by atoms with Crippen LogP contribution in [0.2, 0.25) is 0 Å². The summed E-state index contributed by atoms with van der Waals surface area (Å²) < 4.78 is 32.6. The maximum atomic E-state index is 13.2. The van der Waals surface area contributed by atoms with Crippen LogP contribution >= 0.6 is 0 Å². The Morgan fingerprint density at radius 3 is 2.73 bits per heavy atom. The molecule has 2 heterocycles. The van der Waals surface area contributed by atoms with E-state index in [0.29, 0.717) is 11.5 Å². The molecular weight excluding hydrogens is 344 g/mol. The molecule has 0 radical (unpaired) electrons. The fourth-order valence-corrected chi connectivity index (χ4v) is 2.36. The first-order valence-electron chi connectivity index (χ1n) is 7.82. The van der Waals surface area contributed by atoms with Crippen LogP contribution < -0.4 is 10.9 Å². The van der Waals surface area contributed by atoms with Gasteiger partial charge < -0.3 is 9.73 Å². The maximum absolute atomic E-state index is 13.2. The molecule has 134 valence electrons. The van der Waals surface area contributed by atoms with Gasteiger partial charge in [-0.15, -0.1) is 0 Å². The average Bonchev–Trinajstić information content (AvgIpc) is 3.16. The van der Waals surface area contributed by atoms with Gasteiger partial charge in [-0.2, -0.15) is 5.10 Å². The quantitative estimate of drug-likeness (QED) is 0.760. The lowest BCUT2D eigenvalue weighted by Crippen LogP contribution is -2.34. The molecule has 1 unspecified atom stereocenters. The van der Waals surface area contributed by atoms with Crippen molar-refractivity contribution in [1.29, 1.82) is 0 Å². The van der Waals surface area contributed by atoms with Crippen LogP contribution in [0.5, 0.6) is 0 Å². The number of nitrogens with zero attached hydrogens (tertiary/aromatic N) is 2. The molecule has 0 aliphatic carbocycles. The summed E-state index contributed by atoms with van der Waals surface area (Å²) in [4.78, 5) is 24.1. The van der Waals surface area contributed by atoms with E-state index in [-0.39, 0.29) is 17.7 Å². The van der Waals surface area contributed by atoms with Crippen molar-refractivity contribution >= 4 is 5.91 Å². The Bertz CT molecular complexity index is 984. The normalized spacial score (nSPS) is 12.0. The third-order valence-corrected chi connectivity index (χ3v) is 3.76. The van der Waals surface area contributed by atoms with Crippen LogP contribution in [0.4, 0.5) is 8.78 Å². The standard InChI is InChI=1S/C18H15F2N3O3/c1-11(10-21-18(25)12-4-5-13(19)14(20)9-12)23-17(24)7-6-15(22-23)16-3-2-8-26-16/h2-9,11H,10H2,1H3,(H,21,25). The van der Waals surface area contributed by atoms with Gasteiger partial charge in [0.1, 0.15) is 5.69 Å². The molecule has 1 amide bonds. The van der Waals surface area contributed by atoms with E-state index in [4.69, 9.17) is 4.42 Å². The number of carbonyl (C=O) groups excluding carboxylic acids is 1. The number of furan rings is 1. The molecule has 0 fully saturated rings. The molecule has 1 N–H and O–H groups in total. The van der Waals surface area contributed by atoms with Gasteiger partial charge in [-0.3, -0.25) is 9.59 Å². The van der Waals surface area contributed by atoms with Crippen LogP contribution in [-0.2, 0) is 0 Å².